The van der Waals surface area contributed by atoms with Gasteiger partial charge in [0, 0.05) is 19.6 Å². The number of likely N-dealkylation sites (N-methyl/N-ethyl adjacent to an activating group) is 1. The molecule has 0 heterocycles. The lowest BCUT2D eigenvalue weighted by atomic mass is 9.86. The van der Waals surface area contributed by atoms with Gasteiger partial charge in [-0.2, -0.15) is 0 Å². The van der Waals surface area contributed by atoms with Crippen molar-refractivity contribution in [1.82, 2.24) is 10.2 Å². The van der Waals surface area contributed by atoms with Crippen LogP contribution in [0.15, 0.2) is 24.3 Å². The Balaban J connectivity index is 2.31. The van der Waals surface area contributed by atoms with Crippen molar-refractivity contribution in [2.75, 3.05) is 39.3 Å². The monoisotopic (exact) mass is 292 g/mol. The van der Waals surface area contributed by atoms with Crippen LogP contribution in [-0.4, -0.2) is 44.2 Å². The summed E-state index contributed by atoms with van der Waals surface area (Å²) in [6.45, 7) is 17.0. The summed E-state index contributed by atoms with van der Waals surface area (Å²) < 4.78 is 5.95. The zero-order valence-electron chi connectivity index (χ0n) is 14.4. The molecular weight excluding hydrogens is 260 g/mol. The first kappa shape index (κ1) is 18.0. The van der Waals surface area contributed by atoms with E-state index in [1.807, 2.05) is 6.07 Å². The van der Waals surface area contributed by atoms with Crippen molar-refractivity contribution >= 4 is 0 Å². The van der Waals surface area contributed by atoms with E-state index < -0.39 is 0 Å². The Labute approximate surface area is 130 Å². The topological polar surface area (TPSA) is 24.5 Å². The molecule has 0 saturated carbocycles. The summed E-state index contributed by atoms with van der Waals surface area (Å²) in [6.07, 6.45) is 0. The van der Waals surface area contributed by atoms with Gasteiger partial charge in [-0.25, -0.2) is 0 Å². The van der Waals surface area contributed by atoms with E-state index in [4.69, 9.17) is 4.74 Å². The van der Waals surface area contributed by atoms with E-state index >= 15 is 0 Å². The first-order valence-electron chi connectivity index (χ1n) is 8.14. The molecule has 0 unspecified atom stereocenters. The van der Waals surface area contributed by atoms with Gasteiger partial charge in [-0.05, 0) is 30.1 Å². The normalized spacial score (nSPS) is 11.9. The maximum absolute atomic E-state index is 5.95. The molecule has 1 aromatic rings. The van der Waals surface area contributed by atoms with Gasteiger partial charge in [-0.15, -0.1) is 0 Å². The molecule has 0 amide bonds. The van der Waals surface area contributed by atoms with Crippen molar-refractivity contribution in [3.05, 3.63) is 29.8 Å². The molecule has 1 aromatic carbocycles. The van der Waals surface area contributed by atoms with Crippen LogP contribution in [0.1, 0.15) is 40.2 Å². The largest absolute Gasteiger partial charge is 0.492 e. The first-order chi connectivity index (χ1) is 9.99. The molecular formula is C18H32N2O. The highest BCUT2D eigenvalue weighted by Crippen LogP contribution is 2.30. The second kappa shape index (κ2) is 9.06. The van der Waals surface area contributed by atoms with Crippen LogP contribution in [0.5, 0.6) is 5.75 Å². The Morgan fingerprint density at radius 3 is 2.33 bits per heavy atom. The van der Waals surface area contributed by atoms with E-state index in [1.54, 1.807) is 0 Å². The molecule has 0 spiro atoms. The fourth-order valence-electron chi connectivity index (χ4n) is 2.35. The summed E-state index contributed by atoms with van der Waals surface area (Å²) in [5.41, 5.74) is 1.39. The summed E-state index contributed by atoms with van der Waals surface area (Å²) in [6, 6.07) is 8.34. The number of para-hydroxylation sites is 1. The molecule has 0 saturated heterocycles. The van der Waals surface area contributed by atoms with E-state index in [2.05, 4.69) is 63.0 Å². The van der Waals surface area contributed by atoms with Crippen LogP contribution < -0.4 is 10.1 Å². The third-order valence-electron chi connectivity index (χ3n) is 3.73. The molecule has 3 heteroatoms. The summed E-state index contributed by atoms with van der Waals surface area (Å²) in [5, 5.41) is 3.45. The van der Waals surface area contributed by atoms with E-state index in [9.17, 15) is 0 Å². The second-order valence-corrected chi connectivity index (χ2v) is 6.37. The molecule has 0 bridgehead atoms. The summed E-state index contributed by atoms with van der Waals surface area (Å²) in [4.78, 5) is 2.42. The molecule has 3 nitrogen and oxygen atoms in total. The smallest absolute Gasteiger partial charge is 0.123 e. The highest BCUT2D eigenvalue weighted by Gasteiger charge is 2.18. The predicted molar refractivity (Wildman–Crippen MR) is 91.3 cm³/mol. The van der Waals surface area contributed by atoms with Crippen molar-refractivity contribution in [2.45, 2.75) is 40.0 Å². The molecule has 0 aliphatic rings. The molecule has 0 atom stereocenters. The van der Waals surface area contributed by atoms with Crippen LogP contribution in [-0.2, 0) is 5.41 Å². The van der Waals surface area contributed by atoms with E-state index in [1.165, 1.54) is 5.56 Å². The Morgan fingerprint density at radius 1 is 1.05 bits per heavy atom. The Kier molecular flexibility index (Phi) is 7.76. The number of rotatable bonds is 9. The first-order valence-corrected chi connectivity index (χ1v) is 8.14. The maximum atomic E-state index is 5.95. The van der Waals surface area contributed by atoms with E-state index in [0.29, 0.717) is 6.61 Å². The number of nitrogens with one attached hydrogen (secondary N) is 1. The maximum Gasteiger partial charge on any atom is 0.123 e. The summed E-state index contributed by atoms with van der Waals surface area (Å²) in [7, 11) is 0. The van der Waals surface area contributed by atoms with E-state index in [0.717, 1.165) is 38.5 Å². The molecule has 120 valence electrons. The fraction of sp³-hybridized carbons (Fsp3) is 0.667. The van der Waals surface area contributed by atoms with Crippen LogP contribution in [0.4, 0.5) is 0 Å². The molecule has 0 aliphatic heterocycles. The molecule has 0 aromatic heterocycles. The standard InChI is InChI=1S/C18H32N2O/c1-6-20(7-2)14-12-19-13-15-21-17-11-9-8-10-16(17)18(3,4)5/h8-11,19H,6-7,12-15H2,1-5H3. The minimum absolute atomic E-state index is 0.118. The lowest BCUT2D eigenvalue weighted by Crippen LogP contribution is -2.33. The van der Waals surface area contributed by atoms with Gasteiger partial charge in [0.05, 0.1) is 0 Å². The van der Waals surface area contributed by atoms with Crippen molar-refractivity contribution < 1.29 is 4.74 Å². The predicted octanol–water partition coefficient (Wildman–Crippen LogP) is 3.29. The number of nitrogens with zero attached hydrogens (tertiary/aromatic N) is 1. The highest BCUT2D eigenvalue weighted by atomic mass is 16.5. The Morgan fingerprint density at radius 2 is 1.71 bits per heavy atom. The molecule has 21 heavy (non-hydrogen) atoms. The van der Waals surface area contributed by atoms with Crippen LogP contribution in [0.25, 0.3) is 0 Å². The van der Waals surface area contributed by atoms with Gasteiger partial charge >= 0.3 is 0 Å². The van der Waals surface area contributed by atoms with Crippen molar-refractivity contribution in [3.8, 4) is 5.75 Å². The highest BCUT2D eigenvalue weighted by molar-refractivity contribution is 5.38. The Hall–Kier alpha value is -1.06. The van der Waals surface area contributed by atoms with E-state index in [-0.39, 0.29) is 5.41 Å². The fourth-order valence-corrected chi connectivity index (χ4v) is 2.35. The van der Waals surface area contributed by atoms with Gasteiger partial charge in [0.25, 0.3) is 0 Å². The van der Waals surface area contributed by atoms with Crippen molar-refractivity contribution in [1.29, 1.82) is 0 Å². The zero-order chi connectivity index (χ0) is 15.7. The van der Waals surface area contributed by atoms with Crippen LogP contribution in [0, 0.1) is 0 Å². The van der Waals surface area contributed by atoms with Gasteiger partial charge in [0.2, 0.25) is 0 Å². The van der Waals surface area contributed by atoms with Gasteiger partial charge in [-0.3, -0.25) is 0 Å². The van der Waals surface area contributed by atoms with Crippen molar-refractivity contribution in [3.63, 3.8) is 0 Å². The molecule has 1 N–H and O–H groups in total. The number of benzene rings is 1. The van der Waals surface area contributed by atoms with Crippen LogP contribution in [0.2, 0.25) is 0 Å². The number of ether oxygens (including phenoxy) is 1. The quantitative estimate of drug-likeness (QED) is 0.707. The molecule has 0 aliphatic carbocycles. The van der Waals surface area contributed by atoms with Crippen LogP contribution >= 0.6 is 0 Å². The van der Waals surface area contributed by atoms with Gasteiger partial charge in [0.1, 0.15) is 12.4 Å². The minimum Gasteiger partial charge on any atom is -0.492 e. The van der Waals surface area contributed by atoms with Gasteiger partial charge < -0.3 is 15.0 Å². The molecule has 0 fully saturated rings. The second-order valence-electron chi connectivity index (χ2n) is 6.37. The third kappa shape index (κ3) is 6.49. The number of hydrogen-bond acceptors (Lipinski definition) is 3. The van der Waals surface area contributed by atoms with Gasteiger partial charge in [-0.1, -0.05) is 52.8 Å². The molecule has 0 radical (unpaired) electrons. The zero-order valence-corrected chi connectivity index (χ0v) is 14.4. The van der Waals surface area contributed by atoms with Gasteiger partial charge in [0.15, 0.2) is 0 Å². The van der Waals surface area contributed by atoms with Crippen LogP contribution in [0.3, 0.4) is 0 Å². The summed E-state index contributed by atoms with van der Waals surface area (Å²) in [5.74, 6) is 1.01. The SMILES string of the molecule is CCN(CC)CCNCCOc1ccccc1C(C)(C)C. The lowest BCUT2D eigenvalue weighted by molar-refractivity contribution is 0.282. The Bertz CT molecular complexity index is 394. The average Bonchev–Trinajstić information content (AvgIpc) is 2.46. The lowest BCUT2D eigenvalue weighted by Gasteiger charge is -2.23. The molecule has 1 rings (SSSR count). The summed E-state index contributed by atoms with van der Waals surface area (Å²) >= 11 is 0. The van der Waals surface area contributed by atoms with Crippen molar-refractivity contribution in [2.24, 2.45) is 0 Å². The number of hydrogen-bond donors (Lipinski definition) is 1. The third-order valence-corrected chi connectivity index (χ3v) is 3.73. The minimum atomic E-state index is 0.118. The average molecular weight is 292 g/mol.